The van der Waals surface area contributed by atoms with Crippen molar-refractivity contribution >= 4 is 34.8 Å². The van der Waals surface area contributed by atoms with Crippen molar-refractivity contribution in [2.75, 3.05) is 5.88 Å². The summed E-state index contributed by atoms with van der Waals surface area (Å²) in [6.45, 7) is 4.15. The summed E-state index contributed by atoms with van der Waals surface area (Å²) in [4.78, 5) is 0. The highest BCUT2D eigenvalue weighted by molar-refractivity contribution is 6.51. The van der Waals surface area contributed by atoms with Gasteiger partial charge in [-0.15, -0.1) is 34.8 Å². The predicted molar refractivity (Wildman–Crippen MR) is 47.0 cm³/mol. The third-order valence-corrected chi connectivity index (χ3v) is 4.20. The van der Waals surface area contributed by atoms with Crippen molar-refractivity contribution in [2.45, 2.75) is 24.6 Å². The van der Waals surface area contributed by atoms with E-state index in [1.54, 1.807) is 0 Å². The summed E-state index contributed by atoms with van der Waals surface area (Å²) in [5, 5.41) is 0. The van der Waals surface area contributed by atoms with Gasteiger partial charge < -0.3 is 0 Å². The first-order valence-electron chi connectivity index (χ1n) is 3.38. The van der Waals surface area contributed by atoms with Crippen LogP contribution in [0.4, 0.5) is 0 Å². The molecule has 1 fully saturated rings. The minimum absolute atomic E-state index is 0.0605. The molecule has 1 aliphatic carbocycles. The third-order valence-electron chi connectivity index (χ3n) is 2.48. The minimum atomic E-state index is -0.526. The number of hydrogen-bond donors (Lipinski definition) is 0. The van der Waals surface area contributed by atoms with Gasteiger partial charge >= 0.3 is 0 Å². The van der Waals surface area contributed by atoms with E-state index in [0.717, 1.165) is 6.42 Å². The summed E-state index contributed by atoms with van der Waals surface area (Å²) in [7, 11) is 0. The van der Waals surface area contributed by atoms with Gasteiger partial charge in [-0.1, -0.05) is 13.8 Å². The van der Waals surface area contributed by atoms with Gasteiger partial charge in [-0.3, -0.25) is 0 Å². The van der Waals surface area contributed by atoms with Crippen LogP contribution in [-0.2, 0) is 0 Å². The first kappa shape index (κ1) is 8.96. The van der Waals surface area contributed by atoms with Gasteiger partial charge in [0.05, 0.1) is 0 Å². The average Bonchev–Trinajstić information content (AvgIpc) is 2.13. The van der Waals surface area contributed by atoms with Crippen molar-refractivity contribution in [3.05, 3.63) is 0 Å². The molecule has 60 valence electrons. The van der Waals surface area contributed by atoms with E-state index >= 15 is 0 Å². The maximum Gasteiger partial charge on any atom is 0.127 e. The second-order valence-corrected chi connectivity index (χ2v) is 5.14. The molecule has 0 aromatic heterocycles. The lowest BCUT2D eigenvalue weighted by Gasteiger charge is -1.99. The van der Waals surface area contributed by atoms with E-state index < -0.39 is 4.33 Å². The lowest BCUT2D eigenvalue weighted by Crippen LogP contribution is -1.96. The molecule has 0 nitrogen and oxygen atoms in total. The number of rotatable bonds is 2. The van der Waals surface area contributed by atoms with Gasteiger partial charge in [0.15, 0.2) is 0 Å². The second-order valence-electron chi connectivity index (χ2n) is 3.37. The standard InChI is InChI=1S/C7H11Cl3/c1-6(2)5(3-4-8)7(6,9)10/h5H,3-4H2,1-2H3. The van der Waals surface area contributed by atoms with E-state index in [4.69, 9.17) is 34.8 Å². The Bertz CT molecular complexity index is 126. The van der Waals surface area contributed by atoms with E-state index in [1.807, 2.05) is 0 Å². The lowest BCUT2D eigenvalue weighted by molar-refractivity contribution is 0.549. The van der Waals surface area contributed by atoms with Crippen LogP contribution in [0.15, 0.2) is 0 Å². The van der Waals surface area contributed by atoms with E-state index in [9.17, 15) is 0 Å². The van der Waals surface area contributed by atoms with Crippen molar-refractivity contribution in [2.24, 2.45) is 11.3 Å². The monoisotopic (exact) mass is 200 g/mol. The van der Waals surface area contributed by atoms with Crippen LogP contribution < -0.4 is 0 Å². The van der Waals surface area contributed by atoms with Gasteiger partial charge in [-0.05, 0) is 6.42 Å². The minimum Gasteiger partial charge on any atom is -0.127 e. The molecule has 0 heterocycles. The molecule has 0 bridgehead atoms. The topological polar surface area (TPSA) is 0 Å². The van der Waals surface area contributed by atoms with Gasteiger partial charge in [-0.25, -0.2) is 0 Å². The van der Waals surface area contributed by atoms with E-state index in [0.29, 0.717) is 11.8 Å². The Labute approximate surface area is 76.8 Å². The van der Waals surface area contributed by atoms with Crippen LogP contribution in [0.3, 0.4) is 0 Å². The zero-order valence-electron chi connectivity index (χ0n) is 6.13. The van der Waals surface area contributed by atoms with Crippen LogP contribution in [0.2, 0.25) is 0 Å². The molecule has 10 heavy (non-hydrogen) atoms. The zero-order valence-corrected chi connectivity index (χ0v) is 8.39. The van der Waals surface area contributed by atoms with Crippen molar-refractivity contribution in [3.63, 3.8) is 0 Å². The van der Waals surface area contributed by atoms with Crippen LogP contribution in [0.5, 0.6) is 0 Å². The van der Waals surface area contributed by atoms with Crippen molar-refractivity contribution in [3.8, 4) is 0 Å². The Morgan fingerprint density at radius 3 is 1.80 bits per heavy atom. The van der Waals surface area contributed by atoms with E-state index in [1.165, 1.54) is 0 Å². The molecule has 0 saturated heterocycles. The molecule has 0 N–H and O–H groups in total. The predicted octanol–water partition coefficient (Wildman–Crippen LogP) is 3.45. The zero-order chi connectivity index (χ0) is 7.99. The van der Waals surface area contributed by atoms with Crippen LogP contribution in [0.25, 0.3) is 0 Å². The molecule has 1 rings (SSSR count). The number of halogens is 3. The second kappa shape index (κ2) is 2.43. The van der Waals surface area contributed by atoms with Crippen LogP contribution in [0, 0.1) is 11.3 Å². The molecule has 0 aromatic carbocycles. The summed E-state index contributed by atoms with van der Waals surface area (Å²) in [5.41, 5.74) is 0.0605. The fourth-order valence-electron chi connectivity index (χ4n) is 1.41. The third kappa shape index (κ3) is 1.05. The normalized spacial score (nSPS) is 33.9. The summed E-state index contributed by atoms with van der Waals surface area (Å²) in [6.07, 6.45) is 0.918. The molecule has 0 spiro atoms. The van der Waals surface area contributed by atoms with E-state index in [2.05, 4.69) is 13.8 Å². The fraction of sp³-hybridized carbons (Fsp3) is 1.00. The van der Waals surface area contributed by atoms with Gasteiger partial charge in [-0.2, -0.15) is 0 Å². The Morgan fingerprint density at radius 2 is 1.70 bits per heavy atom. The van der Waals surface area contributed by atoms with Crippen LogP contribution in [-0.4, -0.2) is 10.2 Å². The van der Waals surface area contributed by atoms with Crippen molar-refractivity contribution in [1.29, 1.82) is 0 Å². The number of alkyl halides is 3. The Hall–Kier alpha value is 0.870. The average molecular weight is 202 g/mol. The summed E-state index contributed by atoms with van der Waals surface area (Å²) < 4.78 is -0.526. The number of hydrogen-bond acceptors (Lipinski definition) is 0. The molecule has 1 atom stereocenters. The highest BCUT2D eigenvalue weighted by atomic mass is 35.5. The lowest BCUT2D eigenvalue weighted by atomic mass is 10.1. The SMILES string of the molecule is CC1(C)C(CCCl)C1(Cl)Cl. The first-order chi connectivity index (χ1) is 4.44. The quantitative estimate of drug-likeness (QED) is 0.601. The van der Waals surface area contributed by atoms with Gasteiger partial charge in [0.1, 0.15) is 4.33 Å². The fourth-order valence-corrected chi connectivity index (χ4v) is 2.54. The molecule has 0 radical (unpaired) electrons. The maximum atomic E-state index is 5.98. The highest BCUT2D eigenvalue weighted by Gasteiger charge is 2.69. The Balaban J connectivity index is 2.54. The van der Waals surface area contributed by atoms with Gasteiger partial charge in [0.2, 0.25) is 0 Å². The van der Waals surface area contributed by atoms with Crippen LogP contribution >= 0.6 is 34.8 Å². The first-order valence-corrected chi connectivity index (χ1v) is 4.67. The maximum absolute atomic E-state index is 5.98. The molecule has 0 amide bonds. The Morgan fingerprint density at radius 1 is 1.30 bits per heavy atom. The summed E-state index contributed by atoms with van der Waals surface area (Å²) in [6, 6.07) is 0. The molecule has 1 saturated carbocycles. The molecular formula is C7H11Cl3. The molecular weight excluding hydrogens is 190 g/mol. The molecule has 1 unspecified atom stereocenters. The smallest absolute Gasteiger partial charge is 0.127 e. The molecule has 3 heteroatoms. The largest absolute Gasteiger partial charge is 0.127 e. The molecule has 0 aliphatic heterocycles. The van der Waals surface area contributed by atoms with E-state index in [-0.39, 0.29) is 5.41 Å². The molecule has 1 aliphatic rings. The van der Waals surface area contributed by atoms with Crippen molar-refractivity contribution in [1.82, 2.24) is 0 Å². The highest BCUT2D eigenvalue weighted by Crippen LogP contribution is 2.69. The summed E-state index contributed by atoms with van der Waals surface area (Å²) in [5.74, 6) is 1.02. The summed E-state index contributed by atoms with van der Waals surface area (Å²) >= 11 is 17.5. The van der Waals surface area contributed by atoms with Gasteiger partial charge in [0, 0.05) is 17.2 Å². The van der Waals surface area contributed by atoms with Crippen LogP contribution in [0.1, 0.15) is 20.3 Å². The Kier molecular flexibility index (Phi) is 2.18. The van der Waals surface area contributed by atoms with Gasteiger partial charge in [0.25, 0.3) is 0 Å². The molecule has 0 aromatic rings. The van der Waals surface area contributed by atoms with Crippen molar-refractivity contribution < 1.29 is 0 Å².